The van der Waals surface area contributed by atoms with Crippen LogP contribution in [0.4, 0.5) is 0 Å². The van der Waals surface area contributed by atoms with Crippen LogP contribution in [0, 0.1) is 0 Å². The first kappa shape index (κ1) is 15.9. The van der Waals surface area contributed by atoms with Gasteiger partial charge in [0.25, 0.3) is 5.89 Å². The van der Waals surface area contributed by atoms with Gasteiger partial charge in [0.2, 0.25) is 5.89 Å². The minimum Gasteiger partial charge on any atom is -0.420 e. The van der Waals surface area contributed by atoms with Gasteiger partial charge >= 0.3 is 0 Å². The van der Waals surface area contributed by atoms with Crippen LogP contribution >= 0.6 is 46.7 Å². The van der Waals surface area contributed by atoms with Gasteiger partial charge in [-0.2, -0.15) is 4.37 Å². The summed E-state index contributed by atoms with van der Waals surface area (Å²) in [5.74, 6) is 1.12. The largest absolute Gasteiger partial charge is 0.420 e. The zero-order chi connectivity index (χ0) is 15.5. The minimum atomic E-state index is 0.534. The summed E-state index contributed by atoms with van der Waals surface area (Å²) in [6, 6.07) is 7.63. The topological polar surface area (TPSA) is 51.8 Å². The van der Waals surface area contributed by atoms with Gasteiger partial charge in [-0.05, 0) is 41.7 Å². The molecule has 0 saturated carbocycles. The number of halogens is 1. The molecule has 0 aliphatic carbocycles. The molecule has 0 aliphatic heterocycles. The summed E-state index contributed by atoms with van der Waals surface area (Å²) in [6.45, 7) is 0. The summed E-state index contributed by atoms with van der Waals surface area (Å²) < 4.78 is 11.3. The van der Waals surface area contributed by atoms with E-state index in [4.69, 9.17) is 16.0 Å². The molecule has 1 aromatic carbocycles. The molecule has 8 heteroatoms. The lowest BCUT2D eigenvalue weighted by Crippen LogP contribution is -1.87. The maximum Gasteiger partial charge on any atom is 0.252 e. The predicted octanol–water partition coefficient (Wildman–Crippen LogP) is 4.88. The highest BCUT2D eigenvalue weighted by molar-refractivity contribution is 8.01. The Hall–Kier alpha value is -1.02. The van der Waals surface area contributed by atoms with Crippen LogP contribution in [0.2, 0.25) is 5.02 Å². The third-order valence-electron chi connectivity index (χ3n) is 2.96. The molecule has 114 valence electrons. The summed E-state index contributed by atoms with van der Waals surface area (Å²) in [5, 5.41) is 9.98. The van der Waals surface area contributed by atoms with Gasteiger partial charge in [-0.25, -0.2) is 0 Å². The van der Waals surface area contributed by atoms with Gasteiger partial charge in [-0.15, -0.1) is 33.7 Å². The summed E-state index contributed by atoms with van der Waals surface area (Å²) in [5.41, 5.74) is 2.03. The van der Waals surface area contributed by atoms with E-state index in [9.17, 15) is 0 Å². The van der Waals surface area contributed by atoms with Crippen LogP contribution in [0.3, 0.4) is 0 Å². The average Bonchev–Trinajstić information content (AvgIpc) is 3.15. The van der Waals surface area contributed by atoms with Gasteiger partial charge in [0.05, 0.1) is 16.2 Å². The van der Waals surface area contributed by atoms with Crippen LogP contribution in [-0.4, -0.2) is 27.1 Å². The lowest BCUT2D eigenvalue weighted by Gasteiger charge is -1.98. The van der Waals surface area contributed by atoms with E-state index in [1.165, 1.54) is 11.5 Å². The molecule has 0 atom stereocenters. The van der Waals surface area contributed by atoms with E-state index < -0.39 is 0 Å². The molecule has 0 N–H and O–H groups in total. The van der Waals surface area contributed by atoms with Gasteiger partial charge < -0.3 is 4.42 Å². The standard InChI is InChI=1S/C14H12ClN3OS3/c1-20-13-11(14(21-2)22-18-13)12-17-16-10(19-12)7-8-3-5-9(15)6-4-8/h3-6H,7H2,1-2H3. The van der Waals surface area contributed by atoms with Gasteiger partial charge in [-0.3, -0.25) is 0 Å². The maximum absolute atomic E-state index is 5.89. The Morgan fingerprint density at radius 2 is 1.91 bits per heavy atom. The summed E-state index contributed by atoms with van der Waals surface area (Å²) in [4.78, 5) is 0. The Balaban J connectivity index is 1.87. The van der Waals surface area contributed by atoms with Crippen molar-refractivity contribution in [2.75, 3.05) is 12.5 Å². The summed E-state index contributed by atoms with van der Waals surface area (Å²) in [6.07, 6.45) is 4.60. The molecule has 0 amide bonds. The van der Waals surface area contributed by atoms with Gasteiger partial charge in [0.1, 0.15) is 5.03 Å². The Bertz CT molecular complexity index is 748. The van der Waals surface area contributed by atoms with Crippen molar-refractivity contribution in [3.8, 4) is 11.5 Å². The highest BCUT2D eigenvalue weighted by Crippen LogP contribution is 2.39. The molecule has 0 radical (unpaired) electrons. The van der Waals surface area contributed by atoms with Crippen LogP contribution < -0.4 is 0 Å². The molecule has 0 bridgehead atoms. The van der Waals surface area contributed by atoms with Crippen molar-refractivity contribution in [2.24, 2.45) is 0 Å². The number of hydrogen-bond donors (Lipinski definition) is 0. The fourth-order valence-electron chi connectivity index (χ4n) is 1.92. The first-order valence-electron chi connectivity index (χ1n) is 6.36. The molecule has 4 nitrogen and oxygen atoms in total. The van der Waals surface area contributed by atoms with Crippen LogP contribution in [0.25, 0.3) is 11.5 Å². The molecule has 0 fully saturated rings. The van der Waals surface area contributed by atoms with Crippen molar-refractivity contribution >= 4 is 46.7 Å². The van der Waals surface area contributed by atoms with Gasteiger partial charge in [0, 0.05) is 5.02 Å². The lowest BCUT2D eigenvalue weighted by molar-refractivity contribution is 0.516. The fraction of sp³-hybridized carbons (Fsp3) is 0.214. The van der Waals surface area contributed by atoms with Crippen molar-refractivity contribution in [1.29, 1.82) is 0 Å². The van der Waals surface area contributed by atoms with Crippen molar-refractivity contribution in [1.82, 2.24) is 14.6 Å². The third-order valence-corrected chi connectivity index (χ3v) is 5.95. The molecule has 0 saturated heterocycles. The Morgan fingerprint density at radius 1 is 1.14 bits per heavy atom. The number of hydrogen-bond acceptors (Lipinski definition) is 7. The Morgan fingerprint density at radius 3 is 2.59 bits per heavy atom. The van der Waals surface area contributed by atoms with Crippen LogP contribution in [-0.2, 0) is 6.42 Å². The van der Waals surface area contributed by atoms with Crippen LogP contribution in [0.5, 0.6) is 0 Å². The number of nitrogens with zero attached hydrogens (tertiary/aromatic N) is 3. The second-order valence-electron chi connectivity index (χ2n) is 4.36. The van der Waals surface area contributed by atoms with Crippen molar-refractivity contribution in [3.05, 3.63) is 40.7 Å². The molecule has 0 unspecified atom stereocenters. The first-order chi connectivity index (χ1) is 10.7. The quantitative estimate of drug-likeness (QED) is 0.597. The zero-order valence-corrected chi connectivity index (χ0v) is 15.1. The monoisotopic (exact) mass is 369 g/mol. The molecule has 2 aromatic heterocycles. The number of thioether (sulfide) groups is 2. The van der Waals surface area contributed by atoms with E-state index in [1.54, 1.807) is 23.5 Å². The highest BCUT2D eigenvalue weighted by Gasteiger charge is 2.20. The van der Waals surface area contributed by atoms with Gasteiger partial charge in [0.15, 0.2) is 0 Å². The normalized spacial score (nSPS) is 11.0. The molecule has 0 spiro atoms. The zero-order valence-electron chi connectivity index (χ0n) is 11.9. The molecular weight excluding hydrogens is 358 g/mol. The second kappa shape index (κ2) is 7.04. The maximum atomic E-state index is 5.89. The predicted molar refractivity (Wildman–Crippen MR) is 93.2 cm³/mol. The lowest BCUT2D eigenvalue weighted by atomic mass is 10.1. The van der Waals surface area contributed by atoms with Crippen molar-refractivity contribution in [2.45, 2.75) is 15.7 Å². The van der Waals surface area contributed by atoms with E-state index in [1.807, 2.05) is 36.8 Å². The van der Waals surface area contributed by atoms with E-state index in [0.717, 1.165) is 20.4 Å². The molecule has 22 heavy (non-hydrogen) atoms. The first-order valence-corrected chi connectivity index (χ1v) is 9.96. The second-order valence-corrected chi connectivity index (χ2v) is 7.44. The molecule has 3 rings (SSSR count). The molecule has 2 heterocycles. The van der Waals surface area contributed by atoms with Crippen LogP contribution in [0.1, 0.15) is 11.5 Å². The highest BCUT2D eigenvalue weighted by atomic mass is 35.5. The third kappa shape index (κ3) is 3.32. The van der Waals surface area contributed by atoms with E-state index >= 15 is 0 Å². The summed E-state index contributed by atoms with van der Waals surface area (Å²) >= 11 is 10.6. The fourth-order valence-corrected chi connectivity index (χ4v) is 4.31. The smallest absolute Gasteiger partial charge is 0.252 e. The number of aromatic nitrogens is 3. The van der Waals surface area contributed by atoms with Crippen molar-refractivity contribution in [3.63, 3.8) is 0 Å². The average molecular weight is 370 g/mol. The summed E-state index contributed by atoms with van der Waals surface area (Å²) in [7, 11) is 0. The number of rotatable bonds is 5. The molecule has 3 aromatic rings. The molecular formula is C14H12ClN3OS3. The molecule has 0 aliphatic rings. The Labute approximate surface area is 145 Å². The van der Waals surface area contributed by atoms with Crippen molar-refractivity contribution < 1.29 is 4.42 Å². The Kier molecular flexibility index (Phi) is 5.07. The van der Waals surface area contributed by atoms with Crippen LogP contribution in [0.15, 0.2) is 37.9 Å². The SMILES string of the molecule is CSc1nsc(SC)c1-c1nnc(Cc2ccc(Cl)cc2)o1. The number of benzene rings is 1. The van der Waals surface area contributed by atoms with E-state index in [0.29, 0.717) is 23.2 Å². The van der Waals surface area contributed by atoms with E-state index in [-0.39, 0.29) is 0 Å². The van der Waals surface area contributed by atoms with Gasteiger partial charge in [-0.1, -0.05) is 23.7 Å². The minimum absolute atomic E-state index is 0.534. The van der Waals surface area contributed by atoms with E-state index in [2.05, 4.69) is 14.6 Å².